The highest BCUT2D eigenvalue weighted by Gasteiger charge is 2.36. The number of fused-ring (bicyclic) bond motifs is 2. The minimum Gasteiger partial charge on any atom is -0.490 e. The largest absolute Gasteiger partial charge is 0.490 e. The van der Waals surface area contributed by atoms with Crippen LogP contribution < -0.4 is 9.47 Å². The first kappa shape index (κ1) is 45.9. The van der Waals surface area contributed by atoms with Crippen molar-refractivity contribution in [3.63, 3.8) is 0 Å². The highest BCUT2D eigenvalue weighted by molar-refractivity contribution is 5.86. The average molecular weight is 887 g/mol. The average Bonchev–Trinajstić information content (AvgIpc) is 4.18. The SMILES string of the molecule is CC(C)(C)C1CCC(Oc2ccc3nc(CN4CC(C(=O)O)C4)cc(C4CC4)c3c2)CC1.COC(=O)C1CN(Cc2cc(C3CC3)c3cc(OC4CCC(C(C)(C)C)CC4)ccc3n2)C1. The van der Waals surface area contributed by atoms with Crippen LogP contribution in [0.5, 0.6) is 11.5 Å². The Morgan fingerprint density at radius 2 is 0.985 bits per heavy atom. The van der Waals surface area contributed by atoms with Crippen LogP contribution in [0.25, 0.3) is 21.8 Å². The van der Waals surface area contributed by atoms with Crippen molar-refractivity contribution < 1.29 is 28.9 Å². The molecule has 4 aromatic rings. The zero-order chi connectivity index (χ0) is 45.6. The Balaban J connectivity index is 0.000000164. The molecule has 2 aromatic heterocycles. The summed E-state index contributed by atoms with van der Waals surface area (Å²) in [5.41, 5.74) is 7.84. The van der Waals surface area contributed by atoms with Crippen LogP contribution in [-0.4, -0.2) is 82.3 Å². The Morgan fingerprint density at radius 1 is 0.585 bits per heavy atom. The lowest BCUT2D eigenvalue weighted by Gasteiger charge is -2.37. The Hall–Kier alpha value is -4.28. The van der Waals surface area contributed by atoms with Gasteiger partial charge < -0.3 is 19.3 Å². The molecule has 6 fully saturated rings. The number of carbonyl (C=O) groups excluding carboxylic acids is 1. The molecule has 10 rings (SSSR count). The van der Waals surface area contributed by atoms with Gasteiger partial charge in [-0.25, -0.2) is 0 Å². The molecule has 0 amide bonds. The summed E-state index contributed by atoms with van der Waals surface area (Å²) in [5, 5.41) is 11.6. The number of hydrogen-bond donors (Lipinski definition) is 1. The van der Waals surface area contributed by atoms with Gasteiger partial charge in [-0.3, -0.25) is 29.4 Å². The van der Waals surface area contributed by atoms with Gasteiger partial charge in [0.25, 0.3) is 0 Å². The van der Waals surface area contributed by atoms with E-state index in [1.54, 1.807) is 0 Å². The van der Waals surface area contributed by atoms with Crippen LogP contribution in [-0.2, 0) is 27.4 Å². The van der Waals surface area contributed by atoms with Gasteiger partial charge >= 0.3 is 11.9 Å². The number of carbonyl (C=O) groups is 2. The van der Waals surface area contributed by atoms with Gasteiger partial charge in [0.15, 0.2) is 0 Å². The Bertz CT molecular complexity index is 2330. The summed E-state index contributed by atoms with van der Waals surface area (Å²) in [6, 6.07) is 17.4. The Kier molecular flexibility index (Phi) is 13.2. The third kappa shape index (κ3) is 11.1. The molecule has 350 valence electrons. The lowest BCUT2D eigenvalue weighted by Crippen LogP contribution is -2.50. The second kappa shape index (κ2) is 18.8. The summed E-state index contributed by atoms with van der Waals surface area (Å²) in [5.74, 6) is 3.81. The number of nitrogens with zero attached hydrogens (tertiary/aromatic N) is 4. The predicted octanol–water partition coefficient (Wildman–Crippen LogP) is 11.3. The molecule has 0 unspecified atom stereocenters. The van der Waals surface area contributed by atoms with Gasteiger partial charge in [0.1, 0.15) is 11.5 Å². The molecule has 2 aromatic carbocycles. The Morgan fingerprint density at radius 3 is 1.34 bits per heavy atom. The van der Waals surface area contributed by atoms with Crippen LogP contribution >= 0.6 is 0 Å². The Labute approximate surface area is 387 Å². The van der Waals surface area contributed by atoms with Gasteiger partial charge in [0.05, 0.1) is 53.6 Å². The molecule has 0 radical (unpaired) electrons. The van der Waals surface area contributed by atoms with Gasteiger partial charge in [-0.2, -0.15) is 0 Å². The zero-order valence-corrected chi connectivity index (χ0v) is 40.2. The second-order valence-electron chi connectivity index (χ2n) is 22.9. The van der Waals surface area contributed by atoms with Gasteiger partial charge in [-0.05, 0) is 171 Å². The van der Waals surface area contributed by atoms with Crippen LogP contribution in [0.4, 0.5) is 0 Å². The molecule has 2 saturated heterocycles. The van der Waals surface area contributed by atoms with Crippen molar-refractivity contribution in [2.24, 2.45) is 34.5 Å². The molecule has 10 heteroatoms. The van der Waals surface area contributed by atoms with Gasteiger partial charge in [0, 0.05) is 50.0 Å². The van der Waals surface area contributed by atoms with E-state index in [2.05, 4.69) is 99.9 Å². The second-order valence-corrected chi connectivity index (χ2v) is 22.9. The van der Waals surface area contributed by atoms with E-state index >= 15 is 0 Å². The summed E-state index contributed by atoms with van der Waals surface area (Å²) >= 11 is 0. The van der Waals surface area contributed by atoms with Gasteiger partial charge in [-0.1, -0.05) is 41.5 Å². The predicted molar refractivity (Wildman–Crippen MR) is 256 cm³/mol. The third-order valence-electron chi connectivity index (χ3n) is 15.7. The number of likely N-dealkylation sites (tertiary alicyclic amines) is 2. The fourth-order valence-electron chi connectivity index (χ4n) is 11.2. The minimum absolute atomic E-state index is 0.0107. The first-order chi connectivity index (χ1) is 31.1. The quantitative estimate of drug-likeness (QED) is 0.138. The molecule has 10 nitrogen and oxygen atoms in total. The van der Waals surface area contributed by atoms with E-state index in [-0.39, 0.29) is 17.8 Å². The first-order valence-corrected chi connectivity index (χ1v) is 25.0. The highest BCUT2D eigenvalue weighted by atomic mass is 16.5. The van der Waals surface area contributed by atoms with E-state index < -0.39 is 5.97 Å². The number of carboxylic acids is 1. The number of pyridine rings is 2. The van der Waals surface area contributed by atoms with Crippen LogP contribution in [0.2, 0.25) is 0 Å². The van der Waals surface area contributed by atoms with E-state index in [1.165, 1.54) is 80.4 Å². The molecular formula is C55H74N4O6. The smallest absolute Gasteiger partial charge is 0.311 e. The van der Waals surface area contributed by atoms with Gasteiger partial charge in [0.2, 0.25) is 0 Å². The number of esters is 1. The topological polar surface area (TPSA) is 114 Å². The summed E-state index contributed by atoms with van der Waals surface area (Å²) in [4.78, 5) is 37.1. The molecule has 2 aliphatic heterocycles. The van der Waals surface area contributed by atoms with Crippen molar-refractivity contribution in [2.45, 2.75) is 156 Å². The number of aromatic nitrogens is 2. The van der Waals surface area contributed by atoms with Crippen molar-refractivity contribution in [3.8, 4) is 11.5 Å². The summed E-state index contributed by atoms with van der Waals surface area (Å²) in [7, 11) is 1.46. The van der Waals surface area contributed by atoms with E-state index in [0.717, 1.165) is 97.6 Å². The van der Waals surface area contributed by atoms with Crippen molar-refractivity contribution in [1.82, 2.24) is 19.8 Å². The minimum atomic E-state index is -0.689. The van der Waals surface area contributed by atoms with E-state index in [1.807, 2.05) is 0 Å². The molecule has 4 aliphatic carbocycles. The molecule has 0 atom stereocenters. The molecule has 4 heterocycles. The standard InChI is InChI=1S/C28H38N2O3.C27H36N2O3/c1-28(2,3)20-7-9-22(10-8-20)33-23-11-12-26-25(14-23)24(18-5-6-18)13-21(29-26)17-30-15-19(16-30)27(31)32-4;1-27(2,3)19-6-8-21(9-7-19)32-22-10-11-25-24(13-22)23(17-4-5-17)12-20(28-25)16-29-14-18(15-29)26(30)31/h11-14,18-20,22H,5-10,15-17H2,1-4H3;10-13,17-19,21H,4-9,14-16H2,1-3H3,(H,30,31). The van der Waals surface area contributed by atoms with Gasteiger partial charge in [-0.15, -0.1) is 0 Å². The summed E-state index contributed by atoms with van der Waals surface area (Å²) in [6.45, 7) is 18.4. The number of aliphatic carboxylic acids is 1. The zero-order valence-electron chi connectivity index (χ0n) is 40.2. The van der Waals surface area contributed by atoms with E-state index in [9.17, 15) is 9.59 Å². The van der Waals surface area contributed by atoms with Crippen molar-refractivity contribution in [2.75, 3.05) is 33.3 Å². The summed E-state index contributed by atoms with van der Waals surface area (Å²) < 4.78 is 17.8. The maximum absolute atomic E-state index is 11.7. The molecular weight excluding hydrogens is 813 g/mol. The number of methoxy groups -OCH3 is 1. The molecule has 4 saturated carbocycles. The highest BCUT2D eigenvalue weighted by Crippen LogP contribution is 2.46. The monoisotopic (exact) mass is 887 g/mol. The number of rotatable bonds is 12. The van der Waals surface area contributed by atoms with E-state index in [4.69, 9.17) is 29.3 Å². The number of carboxylic acid groups (broad SMARTS) is 1. The van der Waals surface area contributed by atoms with Crippen molar-refractivity contribution in [3.05, 3.63) is 71.0 Å². The molecule has 0 spiro atoms. The summed E-state index contributed by atoms with van der Waals surface area (Å²) in [6.07, 6.45) is 15.2. The maximum atomic E-state index is 11.7. The molecule has 6 aliphatic rings. The number of hydrogen-bond acceptors (Lipinski definition) is 9. The number of benzene rings is 2. The normalized spacial score (nSPS) is 24.7. The number of ether oxygens (including phenoxy) is 3. The van der Waals surface area contributed by atoms with Crippen LogP contribution in [0.1, 0.15) is 153 Å². The molecule has 0 bridgehead atoms. The first-order valence-electron chi connectivity index (χ1n) is 25.0. The van der Waals surface area contributed by atoms with Crippen LogP contribution in [0.15, 0.2) is 48.5 Å². The fraction of sp³-hybridized carbons (Fsp3) is 0.636. The van der Waals surface area contributed by atoms with Crippen LogP contribution in [0, 0.1) is 34.5 Å². The third-order valence-corrected chi connectivity index (χ3v) is 15.7. The lowest BCUT2D eigenvalue weighted by atomic mass is 9.72. The van der Waals surface area contributed by atoms with Crippen molar-refractivity contribution in [1.29, 1.82) is 0 Å². The van der Waals surface area contributed by atoms with Crippen molar-refractivity contribution >= 4 is 33.7 Å². The lowest BCUT2D eigenvalue weighted by molar-refractivity contribution is -0.151. The van der Waals surface area contributed by atoms with E-state index in [0.29, 0.717) is 48.0 Å². The molecule has 65 heavy (non-hydrogen) atoms. The maximum Gasteiger partial charge on any atom is 0.311 e. The molecule has 1 N–H and O–H groups in total. The van der Waals surface area contributed by atoms with Crippen LogP contribution in [0.3, 0.4) is 0 Å². The fourth-order valence-corrected chi connectivity index (χ4v) is 11.2.